The molecule has 0 saturated carbocycles. The number of halogens is 2. The molecule has 0 aromatic heterocycles. The van der Waals surface area contributed by atoms with Gasteiger partial charge in [-0.25, -0.2) is 0 Å². The molecule has 1 aliphatic rings. The van der Waals surface area contributed by atoms with Gasteiger partial charge in [0, 0.05) is 12.1 Å². The molecule has 0 bridgehead atoms. The molecule has 0 amide bonds. The molecule has 3 rings (SSSR count). The lowest BCUT2D eigenvalue weighted by Gasteiger charge is -2.13. The number of hydrogen-bond acceptors (Lipinski definition) is 3. The first kappa shape index (κ1) is 23.2. The molecule has 1 heterocycles. The Morgan fingerprint density at radius 2 is 1.93 bits per heavy atom. The number of carboxylic acids is 1. The zero-order valence-electron chi connectivity index (χ0n) is 15.5. The Kier molecular flexibility index (Phi) is 9.03. The highest BCUT2D eigenvalue weighted by Gasteiger charge is 2.19. The van der Waals surface area contributed by atoms with E-state index in [0.29, 0.717) is 6.61 Å². The van der Waals surface area contributed by atoms with Crippen LogP contribution in [0.2, 0.25) is 0 Å². The van der Waals surface area contributed by atoms with E-state index in [1.54, 1.807) is 0 Å². The number of hydrogen-bond donors (Lipinski definition) is 1. The van der Waals surface area contributed by atoms with E-state index in [4.69, 9.17) is 9.84 Å². The molecule has 0 fully saturated rings. The van der Waals surface area contributed by atoms with Crippen molar-refractivity contribution < 1.29 is 14.6 Å². The van der Waals surface area contributed by atoms with Crippen LogP contribution in [0.15, 0.2) is 48.5 Å². The Balaban J connectivity index is 0.00000182. The van der Waals surface area contributed by atoms with Crippen LogP contribution in [0.1, 0.15) is 28.7 Å². The van der Waals surface area contributed by atoms with Crippen LogP contribution in [0.3, 0.4) is 0 Å². The molecule has 0 radical (unpaired) electrons. The highest BCUT2D eigenvalue weighted by Crippen LogP contribution is 2.37. The van der Waals surface area contributed by atoms with Gasteiger partial charge in [-0.15, -0.1) is 29.4 Å². The number of rotatable bonds is 5. The highest BCUT2D eigenvalue weighted by molar-refractivity contribution is 8.93. The molecule has 0 spiro atoms. The minimum absolute atomic E-state index is 0. The van der Waals surface area contributed by atoms with E-state index < -0.39 is 5.97 Å². The fourth-order valence-corrected chi connectivity index (χ4v) is 3.09. The molecule has 0 unspecified atom stereocenters. The number of aliphatic carboxylic acids is 1. The maximum atomic E-state index is 11.1. The third kappa shape index (κ3) is 5.83. The van der Waals surface area contributed by atoms with Crippen molar-refractivity contribution in [2.75, 3.05) is 20.6 Å². The lowest BCUT2D eigenvalue weighted by atomic mass is 9.92. The van der Waals surface area contributed by atoms with E-state index in [1.807, 2.05) is 30.3 Å². The smallest absolute Gasteiger partial charge is 0.307 e. The second-order valence-electron chi connectivity index (χ2n) is 6.56. The molecular weight excluding hydrogens is 430 g/mol. The van der Waals surface area contributed by atoms with Crippen LogP contribution in [0.4, 0.5) is 0 Å². The number of ether oxygens (including phenoxy) is 1. The van der Waals surface area contributed by atoms with Crippen LogP contribution in [0, 0.1) is 0 Å². The van der Waals surface area contributed by atoms with E-state index >= 15 is 0 Å². The Labute approximate surface area is 177 Å². The van der Waals surface area contributed by atoms with Crippen molar-refractivity contribution in [2.45, 2.75) is 19.4 Å². The lowest BCUT2D eigenvalue weighted by molar-refractivity contribution is -0.136. The number of benzene rings is 2. The maximum Gasteiger partial charge on any atom is 0.307 e. The minimum Gasteiger partial charge on any atom is -0.488 e. The van der Waals surface area contributed by atoms with Crippen LogP contribution in [0.25, 0.3) is 5.57 Å². The van der Waals surface area contributed by atoms with Gasteiger partial charge in [0.25, 0.3) is 0 Å². The Morgan fingerprint density at radius 3 is 2.63 bits per heavy atom. The van der Waals surface area contributed by atoms with Gasteiger partial charge >= 0.3 is 5.97 Å². The number of carboxylic acid groups (broad SMARTS) is 1. The third-order valence-electron chi connectivity index (χ3n) is 4.30. The second-order valence-corrected chi connectivity index (χ2v) is 6.56. The van der Waals surface area contributed by atoms with Crippen molar-refractivity contribution in [1.29, 1.82) is 0 Å². The van der Waals surface area contributed by atoms with Crippen molar-refractivity contribution in [3.63, 3.8) is 0 Å². The molecule has 0 aliphatic carbocycles. The Bertz CT molecular complexity index is 821. The summed E-state index contributed by atoms with van der Waals surface area (Å²) >= 11 is 0. The van der Waals surface area contributed by atoms with Gasteiger partial charge in [0.15, 0.2) is 0 Å². The normalized spacial score (nSPS) is 13.5. The topological polar surface area (TPSA) is 49.8 Å². The predicted octanol–water partition coefficient (Wildman–Crippen LogP) is 4.59. The fraction of sp³-hybridized carbons (Fsp3) is 0.286. The third-order valence-corrected chi connectivity index (χ3v) is 4.30. The van der Waals surface area contributed by atoms with Crippen LogP contribution in [0.5, 0.6) is 5.75 Å². The zero-order chi connectivity index (χ0) is 17.8. The first-order valence-corrected chi connectivity index (χ1v) is 8.45. The first-order valence-electron chi connectivity index (χ1n) is 8.45. The second kappa shape index (κ2) is 10.5. The Morgan fingerprint density at radius 1 is 1.19 bits per heavy atom. The maximum absolute atomic E-state index is 11.1. The number of fused-ring (bicyclic) bond motifs is 2. The Hall–Kier alpha value is -1.82. The molecule has 2 aromatic rings. The molecule has 6 heteroatoms. The van der Waals surface area contributed by atoms with Gasteiger partial charge < -0.3 is 14.7 Å². The zero-order valence-corrected chi connectivity index (χ0v) is 18.0. The first-order chi connectivity index (χ1) is 12.0. The molecule has 1 N–H and O–H groups in total. The highest BCUT2D eigenvalue weighted by atomic mass is 79.9. The molecule has 0 atom stereocenters. The van der Waals surface area contributed by atoms with E-state index in [0.717, 1.165) is 46.5 Å². The molecule has 4 nitrogen and oxygen atoms in total. The summed E-state index contributed by atoms with van der Waals surface area (Å²) in [5.74, 6) is -0.0190. The summed E-state index contributed by atoms with van der Waals surface area (Å²) in [5.41, 5.74) is 5.19. The molecule has 2 aromatic carbocycles. The summed E-state index contributed by atoms with van der Waals surface area (Å²) in [6, 6.07) is 13.9. The van der Waals surface area contributed by atoms with Crippen LogP contribution < -0.4 is 4.74 Å². The SMILES string of the molecule is Br.CN(C)CC/C=C1\c2ccccc2COc2ccc(CC(=O)O)cc21.Cl. The molecule has 1 aliphatic heterocycles. The summed E-state index contributed by atoms with van der Waals surface area (Å²) in [7, 11) is 4.11. The van der Waals surface area contributed by atoms with Crippen LogP contribution in [-0.2, 0) is 17.8 Å². The van der Waals surface area contributed by atoms with Crippen molar-refractivity contribution in [1.82, 2.24) is 4.90 Å². The monoisotopic (exact) mass is 453 g/mol. The summed E-state index contributed by atoms with van der Waals surface area (Å²) in [6.45, 7) is 1.48. The average Bonchev–Trinajstić information content (AvgIpc) is 2.72. The van der Waals surface area contributed by atoms with E-state index in [1.165, 1.54) is 0 Å². The van der Waals surface area contributed by atoms with Crippen molar-refractivity contribution in [3.05, 3.63) is 70.8 Å². The van der Waals surface area contributed by atoms with Crippen LogP contribution >= 0.6 is 29.4 Å². The molecule has 27 heavy (non-hydrogen) atoms. The van der Waals surface area contributed by atoms with Crippen molar-refractivity contribution >= 4 is 40.9 Å². The minimum atomic E-state index is -0.826. The average molecular weight is 455 g/mol. The van der Waals surface area contributed by atoms with Gasteiger partial charge in [-0.05, 0) is 54.9 Å². The van der Waals surface area contributed by atoms with Gasteiger partial charge in [0.2, 0.25) is 0 Å². The summed E-state index contributed by atoms with van der Waals surface area (Å²) in [5, 5.41) is 9.10. The lowest BCUT2D eigenvalue weighted by Crippen LogP contribution is -2.12. The summed E-state index contributed by atoms with van der Waals surface area (Å²) in [6.07, 6.45) is 3.16. The summed E-state index contributed by atoms with van der Waals surface area (Å²) in [4.78, 5) is 13.2. The standard InChI is InChI=1S/C21H23NO3.BrH.ClH/c1-22(2)11-5-8-18-17-7-4-3-6-16(17)14-25-20-10-9-15(12-19(18)20)13-21(23)24;;/h3-4,6-10,12H,5,11,13-14H2,1-2H3,(H,23,24);2*1H/b18-8+;;. The largest absolute Gasteiger partial charge is 0.488 e. The van der Waals surface area contributed by atoms with Crippen molar-refractivity contribution in [2.24, 2.45) is 0 Å². The van der Waals surface area contributed by atoms with E-state index in [9.17, 15) is 4.79 Å². The number of carbonyl (C=O) groups is 1. The molecule has 146 valence electrons. The number of nitrogens with zero attached hydrogens (tertiary/aromatic N) is 1. The molecule has 0 saturated heterocycles. The molecular formula is C21H25BrClNO3. The van der Waals surface area contributed by atoms with E-state index in [-0.39, 0.29) is 35.8 Å². The predicted molar refractivity (Wildman–Crippen MR) is 116 cm³/mol. The van der Waals surface area contributed by atoms with Gasteiger partial charge in [0.1, 0.15) is 12.4 Å². The quantitative estimate of drug-likeness (QED) is 0.718. The van der Waals surface area contributed by atoms with Gasteiger partial charge in [-0.1, -0.05) is 36.4 Å². The van der Waals surface area contributed by atoms with Gasteiger partial charge in [-0.3, -0.25) is 4.79 Å². The van der Waals surface area contributed by atoms with Crippen molar-refractivity contribution in [3.8, 4) is 5.75 Å². The van der Waals surface area contributed by atoms with Gasteiger partial charge in [-0.2, -0.15) is 0 Å². The van der Waals surface area contributed by atoms with E-state index in [2.05, 4.69) is 37.2 Å². The fourth-order valence-electron chi connectivity index (χ4n) is 3.09. The van der Waals surface area contributed by atoms with Gasteiger partial charge in [0.05, 0.1) is 6.42 Å². The van der Waals surface area contributed by atoms with Crippen LogP contribution in [-0.4, -0.2) is 36.6 Å². The summed E-state index contributed by atoms with van der Waals surface area (Å²) < 4.78 is 5.99.